The molecule has 0 radical (unpaired) electrons. The highest BCUT2D eigenvalue weighted by atomic mass is 19.1. The van der Waals surface area contributed by atoms with Crippen LogP contribution in [0.5, 0.6) is 11.8 Å². The van der Waals surface area contributed by atoms with Crippen LogP contribution in [0.4, 0.5) is 8.78 Å². The first-order chi connectivity index (χ1) is 16.5. The molecule has 3 heterocycles. The fraction of sp³-hybridized carbons (Fsp3) is 0.208. The Balaban J connectivity index is 1.66. The van der Waals surface area contributed by atoms with Gasteiger partial charge in [0.25, 0.3) is 5.56 Å². The number of hydrogen-bond acceptors (Lipinski definition) is 6. The Morgan fingerprint density at radius 2 is 1.59 bits per heavy atom. The number of rotatable bonds is 5. The first kappa shape index (κ1) is 21.8. The predicted octanol–water partition coefficient (Wildman–Crippen LogP) is 3.35. The molecule has 8 nitrogen and oxygen atoms in total. The van der Waals surface area contributed by atoms with Gasteiger partial charge in [0.05, 0.1) is 37.6 Å². The molecule has 0 amide bonds. The van der Waals surface area contributed by atoms with E-state index in [1.807, 2.05) is 5.01 Å². The summed E-state index contributed by atoms with van der Waals surface area (Å²) in [7, 11) is 1.67. The summed E-state index contributed by atoms with van der Waals surface area (Å²) in [6.07, 6.45) is 1.52. The van der Waals surface area contributed by atoms with Crippen molar-refractivity contribution in [2.24, 2.45) is 7.05 Å². The van der Waals surface area contributed by atoms with Gasteiger partial charge in [-0.25, -0.2) is 18.4 Å². The van der Waals surface area contributed by atoms with E-state index in [1.165, 1.54) is 47.3 Å². The van der Waals surface area contributed by atoms with Crippen molar-refractivity contribution in [1.29, 1.82) is 0 Å². The van der Waals surface area contributed by atoms with Gasteiger partial charge in [0.15, 0.2) is 0 Å². The highest BCUT2D eigenvalue weighted by Crippen LogP contribution is 2.31. The minimum atomic E-state index is -0.397. The topological polar surface area (TPSA) is 74.4 Å². The molecule has 0 spiro atoms. The van der Waals surface area contributed by atoms with Crippen LogP contribution in [0.15, 0.2) is 65.6 Å². The Hall–Kier alpha value is -4.05. The lowest BCUT2D eigenvalue weighted by Gasteiger charge is -2.32. The lowest BCUT2D eigenvalue weighted by molar-refractivity contribution is 0.107. The molecule has 174 valence electrons. The summed E-state index contributed by atoms with van der Waals surface area (Å²) in [6, 6.07) is 13.0. The minimum Gasteiger partial charge on any atom is -0.424 e. The van der Waals surface area contributed by atoms with Crippen molar-refractivity contribution in [3.05, 3.63) is 82.8 Å². The van der Waals surface area contributed by atoms with Crippen LogP contribution in [0.25, 0.3) is 22.5 Å². The van der Waals surface area contributed by atoms with Gasteiger partial charge in [0, 0.05) is 13.2 Å². The first-order valence-corrected chi connectivity index (χ1v) is 10.7. The quantitative estimate of drug-likeness (QED) is 0.450. The van der Waals surface area contributed by atoms with Crippen LogP contribution in [0.1, 0.15) is 0 Å². The summed E-state index contributed by atoms with van der Waals surface area (Å²) in [6.45, 7) is 2.17. The maximum atomic E-state index is 13.6. The second-order valence-electron chi connectivity index (χ2n) is 7.70. The number of nitrogens with zero attached hydrogens (tertiary/aromatic N) is 5. The third kappa shape index (κ3) is 4.15. The van der Waals surface area contributed by atoms with Crippen molar-refractivity contribution >= 4 is 0 Å². The molecule has 0 unspecified atom stereocenters. The zero-order valence-corrected chi connectivity index (χ0v) is 18.3. The van der Waals surface area contributed by atoms with Gasteiger partial charge >= 0.3 is 6.01 Å². The maximum Gasteiger partial charge on any atom is 0.322 e. The van der Waals surface area contributed by atoms with Crippen molar-refractivity contribution in [1.82, 2.24) is 19.4 Å². The van der Waals surface area contributed by atoms with Crippen molar-refractivity contribution in [3.63, 3.8) is 0 Å². The SMILES string of the molecule is Cn1c(=O)c(-c2ccc(F)cc2)c(-c2ccnc(Oc3ccc(F)cc3)n2)n1N1CCOCC1. The molecule has 0 saturated carbocycles. The van der Waals surface area contributed by atoms with Crippen LogP contribution in [0.3, 0.4) is 0 Å². The van der Waals surface area contributed by atoms with Gasteiger partial charge in [0.1, 0.15) is 23.1 Å². The number of morpholine rings is 1. The molecule has 4 aromatic rings. The highest BCUT2D eigenvalue weighted by Gasteiger charge is 2.27. The average Bonchev–Trinajstić information content (AvgIpc) is 3.12. The van der Waals surface area contributed by atoms with Crippen LogP contribution >= 0.6 is 0 Å². The molecule has 0 N–H and O–H groups in total. The van der Waals surface area contributed by atoms with E-state index >= 15 is 0 Å². The summed E-state index contributed by atoms with van der Waals surface area (Å²) >= 11 is 0. The van der Waals surface area contributed by atoms with Crippen LogP contribution in [0.2, 0.25) is 0 Å². The molecule has 2 aromatic carbocycles. The molecule has 1 aliphatic heterocycles. The zero-order chi connectivity index (χ0) is 23.7. The molecule has 0 atom stereocenters. The summed E-state index contributed by atoms with van der Waals surface area (Å²) in [4.78, 5) is 23.9. The molecule has 1 fully saturated rings. The van der Waals surface area contributed by atoms with E-state index in [1.54, 1.807) is 30.0 Å². The van der Waals surface area contributed by atoms with Gasteiger partial charge in [-0.15, -0.1) is 0 Å². The zero-order valence-electron chi connectivity index (χ0n) is 18.3. The van der Waals surface area contributed by atoms with Crippen molar-refractivity contribution in [2.45, 2.75) is 0 Å². The molecule has 1 saturated heterocycles. The molecule has 5 rings (SSSR count). The first-order valence-electron chi connectivity index (χ1n) is 10.7. The molecular formula is C24H21F2N5O3. The minimum absolute atomic E-state index is 0.0407. The van der Waals surface area contributed by atoms with Crippen molar-refractivity contribution in [3.8, 4) is 34.3 Å². The maximum absolute atomic E-state index is 13.6. The Labute approximate surface area is 193 Å². The molecular weight excluding hydrogens is 444 g/mol. The summed E-state index contributed by atoms with van der Waals surface area (Å²) in [5, 5.41) is 2.00. The standard InChI is InChI=1S/C24H21F2N5O3/c1-29-23(32)21(16-2-4-17(25)5-3-16)22(31(29)30-12-14-33-15-13-30)20-10-11-27-24(28-20)34-19-8-6-18(26)7-9-19/h2-11H,12-15H2,1H3. The number of halogens is 2. The Morgan fingerprint density at radius 1 is 0.941 bits per heavy atom. The van der Waals surface area contributed by atoms with Gasteiger partial charge in [-0.3, -0.25) is 9.80 Å². The fourth-order valence-electron chi connectivity index (χ4n) is 3.91. The third-order valence-corrected chi connectivity index (χ3v) is 5.52. The van der Waals surface area contributed by atoms with Gasteiger partial charge in [-0.1, -0.05) is 12.1 Å². The van der Waals surface area contributed by atoms with E-state index in [4.69, 9.17) is 9.47 Å². The Kier molecular flexibility index (Phi) is 5.81. The van der Waals surface area contributed by atoms with E-state index < -0.39 is 5.82 Å². The summed E-state index contributed by atoms with van der Waals surface area (Å²) in [5.74, 6) is -0.410. The molecule has 10 heteroatoms. The van der Waals surface area contributed by atoms with Crippen LogP contribution in [0, 0.1) is 11.6 Å². The van der Waals surface area contributed by atoms with E-state index in [9.17, 15) is 13.6 Å². The smallest absolute Gasteiger partial charge is 0.322 e. The van der Waals surface area contributed by atoms with Crippen molar-refractivity contribution < 1.29 is 18.3 Å². The normalized spacial score (nSPS) is 13.8. The van der Waals surface area contributed by atoms with Gasteiger partial charge < -0.3 is 9.47 Å². The van der Waals surface area contributed by atoms with Gasteiger partial charge in [-0.2, -0.15) is 9.77 Å². The number of aromatic nitrogens is 4. The number of ether oxygens (including phenoxy) is 2. The average molecular weight is 465 g/mol. The van der Waals surface area contributed by atoms with E-state index in [0.29, 0.717) is 54.6 Å². The van der Waals surface area contributed by atoms with E-state index in [2.05, 4.69) is 9.97 Å². The fourth-order valence-corrected chi connectivity index (χ4v) is 3.91. The second kappa shape index (κ2) is 9.06. The lowest BCUT2D eigenvalue weighted by Crippen LogP contribution is -2.47. The van der Waals surface area contributed by atoms with Gasteiger partial charge in [0.2, 0.25) is 0 Å². The monoisotopic (exact) mass is 465 g/mol. The van der Waals surface area contributed by atoms with E-state index in [0.717, 1.165) is 0 Å². The van der Waals surface area contributed by atoms with Crippen LogP contribution in [-0.4, -0.2) is 45.7 Å². The van der Waals surface area contributed by atoms with Crippen molar-refractivity contribution in [2.75, 3.05) is 31.3 Å². The Morgan fingerprint density at radius 3 is 2.26 bits per heavy atom. The summed E-state index contributed by atoms with van der Waals surface area (Å²) < 4.78 is 39.6. The largest absolute Gasteiger partial charge is 0.424 e. The van der Waals surface area contributed by atoms with Crippen LogP contribution < -0.4 is 15.3 Å². The molecule has 0 aliphatic carbocycles. The molecule has 0 bridgehead atoms. The number of benzene rings is 2. The molecule has 2 aromatic heterocycles. The van der Waals surface area contributed by atoms with Crippen LogP contribution in [-0.2, 0) is 11.8 Å². The predicted molar refractivity (Wildman–Crippen MR) is 121 cm³/mol. The second-order valence-corrected chi connectivity index (χ2v) is 7.70. The van der Waals surface area contributed by atoms with Gasteiger partial charge in [-0.05, 0) is 48.0 Å². The third-order valence-electron chi connectivity index (χ3n) is 5.52. The molecule has 1 aliphatic rings. The van der Waals surface area contributed by atoms with E-state index in [-0.39, 0.29) is 17.4 Å². The lowest BCUT2D eigenvalue weighted by atomic mass is 10.0. The highest BCUT2D eigenvalue weighted by molar-refractivity contribution is 5.79. The number of hydrogen-bond donors (Lipinski definition) is 0. The summed E-state index contributed by atoms with van der Waals surface area (Å²) in [5.41, 5.74) is 1.64. The Bertz CT molecular complexity index is 1360. The molecule has 34 heavy (non-hydrogen) atoms.